The van der Waals surface area contributed by atoms with Crippen LogP contribution < -0.4 is 10.1 Å². The van der Waals surface area contributed by atoms with Crippen molar-refractivity contribution in [3.8, 4) is 5.75 Å². The van der Waals surface area contributed by atoms with Crippen molar-refractivity contribution in [1.82, 2.24) is 10.2 Å². The number of nitrogens with zero attached hydrogens (tertiary/aromatic N) is 1. The van der Waals surface area contributed by atoms with Crippen LogP contribution in [-0.4, -0.2) is 67.3 Å². The lowest BCUT2D eigenvalue weighted by atomic mass is 9.86. The first-order valence-corrected chi connectivity index (χ1v) is 12.4. The molecule has 204 valence electrons. The highest BCUT2D eigenvalue weighted by Gasteiger charge is 2.51. The van der Waals surface area contributed by atoms with E-state index in [-0.39, 0.29) is 13.0 Å². The molecule has 2 aromatic carbocycles. The number of carbonyl (C=O) groups is 4. The highest BCUT2D eigenvalue weighted by Crippen LogP contribution is 2.35. The molecule has 1 saturated heterocycles. The van der Waals surface area contributed by atoms with Crippen LogP contribution in [0.1, 0.15) is 37.8 Å². The van der Waals surface area contributed by atoms with E-state index in [2.05, 4.69) is 5.32 Å². The van der Waals surface area contributed by atoms with Crippen molar-refractivity contribution < 1.29 is 38.1 Å². The monoisotopic (exact) mass is 526 g/mol. The van der Waals surface area contributed by atoms with Gasteiger partial charge in [0, 0.05) is 19.9 Å². The molecule has 2 amide bonds. The maximum absolute atomic E-state index is 14.0. The van der Waals surface area contributed by atoms with E-state index in [1.165, 1.54) is 25.9 Å². The maximum Gasteiger partial charge on any atom is 0.411 e. The van der Waals surface area contributed by atoms with E-state index in [1.54, 1.807) is 19.2 Å². The third-order valence-electron chi connectivity index (χ3n) is 6.56. The fraction of sp³-hybridized carbons (Fsp3) is 0.429. The zero-order valence-electron chi connectivity index (χ0n) is 22.1. The molecule has 0 aliphatic carbocycles. The zero-order chi connectivity index (χ0) is 27.7. The van der Waals surface area contributed by atoms with Gasteiger partial charge in [0.2, 0.25) is 5.91 Å². The third-order valence-corrected chi connectivity index (χ3v) is 6.56. The van der Waals surface area contributed by atoms with Crippen molar-refractivity contribution in [3.05, 3.63) is 65.7 Å². The Morgan fingerprint density at radius 1 is 1.00 bits per heavy atom. The standard InChI is InChI=1S/C28H34N2O8/c1-19(38-20(2)31)24(25(32)36-4)29-26(33)28(17-21-11-13-23(35-3)14-12-21)15-8-16-30(28)27(34)37-18-22-9-6-5-7-10-22/h5-7,9-14,19,24H,8,15-18H2,1-4H3,(H,29,33)/t19-,24+,28?/m1/s1. The van der Waals surface area contributed by atoms with Crippen LogP contribution in [0.2, 0.25) is 0 Å². The molecule has 0 saturated carbocycles. The van der Waals surface area contributed by atoms with Crippen molar-refractivity contribution in [2.75, 3.05) is 20.8 Å². The quantitative estimate of drug-likeness (QED) is 0.371. The van der Waals surface area contributed by atoms with Crippen LogP contribution in [0.15, 0.2) is 54.6 Å². The molecule has 1 N–H and O–H groups in total. The number of esters is 2. The van der Waals surface area contributed by atoms with E-state index in [0.717, 1.165) is 11.1 Å². The molecule has 10 heteroatoms. The summed E-state index contributed by atoms with van der Waals surface area (Å²) in [7, 11) is 2.74. The molecule has 0 bridgehead atoms. The number of carbonyl (C=O) groups excluding carboxylic acids is 4. The number of ether oxygens (including phenoxy) is 4. The van der Waals surface area contributed by atoms with Crippen molar-refractivity contribution >= 4 is 23.9 Å². The fourth-order valence-electron chi connectivity index (χ4n) is 4.62. The summed E-state index contributed by atoms with van der Waals surface area (Å²) in [6.45, 7) is 3.03. The normalized spacial score (nSPS) is 18.2. The average Bonchev–Trinajstić information content (AvgIpc) is 3.35. The van der Waals surface area contributed by atoms with Crippen LogP contribution in [0.3, 0.4) is 0 Å². The second-order valence-corrected chi connectivity index (χ2v) is 9.14. The summed E-state index contributed by atoms with van der Waals surface area (Å²) < 4.78 is 20.8. The van der Waals surface area contributed by atoms with Gasteiger partial charge in [-0.25, -0.2) is 9.59 Å². The number of rotatable bonds is 10. The number of benzene rings is 2. The Morgan fingerprint density at radius 3 is 2.29 bits per heavy atom. The number of likely N-dealkylation sites (tertiary alicyclic amines) is 1. The van der Waals surface area contributed by atoms with Gasteiger partial charge in [0.15, 0.2) is 6.04 Å². The fourth-order valence-corrected chi connectivity index (χ4v) is 4.62. The first-order chi connectivity index (χ1) is 18.2. The molecule has 3 rings (SSSR count). The van der Waals surface area contributed by atoms with Crippen molar-refractivity contribution in [2.24, 2.45) is 0 Å². The van der Waals surface area contributed by atoms with E-state index in [0.29, 0.717) is 25.1 Å². The molecule has 0 aromatic heterocycles. The van der Waals surface area contributed by atoms with Gasteiger partial charge >= 0.3 is 18.0 Å². The first-order valence-electron chi connectivity index (χ1n) is 12.4. The molecular weight excluding hydrogens is 492 g/mol. The Bertz CT molecular complexity index is 1120. The van der Waals surface area contributed by atoms with Crippen molar-refractivity contribution in [1.29, 1.82) is 0 Å². The van der Waals surface area contributed by atoms with Crippen LogP contribution in [0.5, 0.6) is 5.75 Å². The summed E-state index contributed by atoms with van der Waals surface area (Å²) in [5.41, 5.74) is 0.238. The van der Waals surface area contributed by atoms with Gasteiger partial charge in [0.25, 0.3) is 0 Å². The van der Waals surface area contributed by atoms with Crippen LogP contribution in [0.4, 0.5) is 4.79 Å². The maximum atomic E-state index is 14.0. The van der Waals surface area contributed by atoms with E-state index in [4.69, 9.17) is 18.9 Å². The van der Waals surface area contributed by atoms with Crippen LogP contribution in [-0.2, 0) is 41.6 Å². The van der Waals surface area contributed by atoms with Gasteiger partial charge in [0.1, 0.15) is 24.0 Å². The molecule has 0 spiro atoms. The van der Waals surface area contributed by atoms with Crippen molar-refractivity contribution in [3.63, 3.8) is 0 Å². The summed E-state index contributed by atoms with van der Waals surface area (Å²) in [4.78, 5) is 52.8. The lowest BCUT2D eigenvalue weighted by Gasteiger charge is -2.38. The van der Waals surface area contributed by atoms with Gasteiger partial charge in [0.05, 0.1) is 14.2 Å². The van der Waals surface area contributed by atoms with E-state index in [1.807, 2.05) is 42.5 Å². The third kappa shape index (κ3) is 6.81. The van der Waals surface area contributed by atoms with E-state index >= 15 is 0 Å². The predicted molar refractivity (Wildman–Crippen MR) is 137 cm³/mol. The minimum atomic E-state index is -1.36. The molecule has 1 fully saturated rings. The smallest absolute Gasteiger partial charge is 0.411 e. The minimum absolute atomic E-state index is 0.0463. The van der Waals surface area contributed by atoms with E-state index in [9.17, 15) is 19.2 Å². The van der Waals surface area contributed by atoms with Gasteiger partial charge < -0.3 is 24.3 Å². The summed E-state index contributed by atoms with van der Waals surface area (Å²) in [6.07, 6.45) is -0.591. The van der Waals surface area contributed by atoms with Gasteiger partial charge in [-0.2, -0.15) is 0 Å². The minimum Gasteiger partial charge on any atom is -0.497 e. The number of hydrogen-bond acceptors (Lipinski definition) is 8. The van der Waals surface area contributed by atoms with Crippen LogP contribution in [0, 0.1) is 0 Å². The number of hydrogen-bond donors (Lipinski definition) is 1. The van der Waals surface area contributed by atoms with Gasteiger partial charge in [-0.3, -0.25) is 14.5 Å². The molecule has 1 aliphatic rings. The lowest BCUT2D eigenvalue weighted by molar-refractivity contribution is -0.157. The Kier molecular flexibility index (Phi) is 9.70. The molecule has 10 nitrogen and oxygen atoms in total. The summed E-state index contributed by atoms with van der Waals surface area (Å²) >= 11 is 0. The van der Waals surface area contributed by atoms with Crippen molar-refractivity contribution in [2.45, 2.75) is 57.4 Å². The number of amides is 2. The second kappa shape index (κ2) is 12.9. The average molecular weight is 527 g/mol. The van der Waals surface area contributed by atoms with Gasteiger partial charge in [-0.05, 0) is 43.0 Å². The van der Waals surface area contributed by atoms with Crippen LogP contribution >= 0.6 is 0 Å². The van der Waals surface area contributed by atoms with Gasteiger partial charge in [-0.15, -0.1) is 0 Å². The summed E-state index contributed by atoms with van der Waals surface area (Å²) in [6, 6.07) is 15.1. The molecule has 2 aromatic rings. The SMILES string of the molecule is COC(=O)[C@@H](NC(=O)C1(Cc2ccc(OC)cc2)CCCN1C(=O)OCc1ccccc1)[C@@H](C)OC(C)=O. The predicted octanol–water partition coefficient (Wildman–Crippen LogP) is 3.02. The zero-order valence-corrected chi connectivity index (χ0v) is 22.1. The molecule has 1 heterocycles. The van der Waals surface area contributed by atoms with Gasteiger partial charge in [-0.1, -0.05) is 42.5 Å². The highest BCUT2D eigenvalue weighted by atomic mass is 16.6. The second-order valence-electron chi connectivity index (χ2n) is 9.14. The van der Waals surface area contributed by atoms with Crippen LogP contribution in [0.25, 0.3) is 0 Å². The molecule has 38 heavy (non-hydrogen) atoms. The largest absolute Gasteiger partial charge is 0.497 e. The Labute approximate surface area is 222 Å². The Hall–Kier alpha value is -4.08. The molecule has 1 unspecified atom stereocenters. The first kappa shape index (κ1) is 28.5. The topological polar surface area (TPSA) is 120 Å². The number of methoxy groups -OCH3 is 2. The molecular formula is C28H34N2O8. The molecule has 3 atom stereocenters. The van der Waals surface area contributed by atoms with E-state index < -0.39 is 41.6 Å². The Morgan fingerprint density at radius 2 is 1.68 bits per heavy atom. The number of nitrogens with one attached hydrogen (secondary N) is 1. The molecule has 1 aliphatic heterocycles. The highest BCUT2D eigenvalue weighted by molar-refractivity contribution is 5.94. The summed E-state index contributed by atoms with van der Waals surface area (Å²) in [5, 5.41) is 2.69. The Balaban J connectivity index is 1.92. The lowest BCUT2D eigenvalue weighted by Crippen LogP contribution is -2.62. The molecule has 0 radical (unpaired) electrons. The summed E-state index contributed by atoms with van der Waals surface area (Å²) in [5.74, 6) is -1.31.